The number of aromatic nitrogens is 3. The quantitative estimate of drug-likeness (QED) is 0.836. The Bertz CT molecular complexity index is 482. The summed E-state index contributed by atoms with van der Waals surface area (Å²) < 4.78 is 1.97. The molecule has 0 aromatic carbocycles. The Hall–Kier alpha value is -1.46. The minimum atomic E-state index is -0.279. The molecule has 0 aliphatic carbocycles. The molecule has 0 amide bonds. The highest BCUT2D eigenvalue weighted by Gasteiger charge is 2.10. The highest BCUT2D eigenvalue weighted by molar-refractivity contribution is 5.36. The molecular weight excluding hydrogens is 216 g/mol. The van der Waals surface area contributed by atoms with Gasteiger partial charge in [-0.3, -0.25) is 9.30 Å². The number of rotatable bonds is 5. The van der Waals surface area contributed by atoms with Gasteiger partial charge in [-0.05, 0) is 25.6 Å². The summed E-state index contributed by atoms with van der Waals surface area (Å²) in [6.45, 7) is 3.31. The highest BCUT2D eigenvalue weighted by atomic mass is 16.3. The monoisotopic (exact) mass is 234 g/mol. The molecule has 1 N–H and O–H groups in total. The van der Waals surface area contributed by atoms with Gasteiger partial charge in [0, 0.05) is 12.7 Å². The van der Waals surface area contributed by atoms with Crippen LogP contribution in [0.4, 0.5) is 0 Å². The molecule has 2 heterocycles. The number of aliphatic hydroxyl groups excluding tert-OH is 1. The second-order valence-electron chi connectivity index (χ2n) is 4.30. The zero-order valence-corrected chi connectivity index (χ0v) is 10.2. The molecular formula is C12H18N4O. The van der Waals surface area contributed by atoms with Gasteiger partial charge in [0.25, 0.3) is 0 Å². The van der Waals surface area contributed by atoms with E-state index >= 15 is 0 Å². The van der Waals surface area contributed by atoms with Gasteiger partial charge in [0.15, 0.2) is 11.5 Å². The van der Waals surface area contributed by atoms with Crippen LogP contribution in [0.1, 0.15) is 19.2 Å². The summed E-state index contributed by atoms with van der Waals surface area (Å²) in [5, 5.41) is 17.8. The molecule has 2 aromatic heterocycles. The van der Waals surface area contributed by atoms with Crippen molar-refractivity contribution in [1.29, 1.82) is 0 Å². The Kier molecular flexibility index (Phi) is 3.71. The number of aliphatic hydroxyl groups is 1. The lowest BCUT2D eigenvalue weighted by Gasteiger charge is -2.18. The summed E-state index contributed by atoms with van der Waals surface area (Å²) in [6.07, 6.45) is 2.44. The molecule has 2 rings (SSSR count). The molecule has 92 valence electrons. The van der Waals surface area contributed by atoms with Crippen LogP contribution in [-0.4, -0.2) is 44.3 Å². The molecule has 5 nitrogen and oxygen atoms in total. The van der Waals surface area contributed by atoms with Crippen LogP contribution in [0.25, 0.3) is 5.65 Å². The number of nitrogens with zero attached hydrogens (tertiary/aromatic N) is 4. The highest BCUT2D eigenvalue weighted by Crippen LogP contribution is 2.05. The lowest BCUT2D eigenvalue weighted by Crippen LogP contribution is -2.29. The Morgan fingerprint density at radius 2 is 2.24 bits per heavy atom. The Morgan fingerprint density at radius 3 is 3.00 bits per heavy atom. The molecule has 0 saturated carbocycles. The smallest absolute Gasteiger partial charge is 0.160 e. The first-order chi connectivity index (χ1) is 8.20. The predicted octanol–water partition coefficient (Wildman–Crippen LogP) is 0.932. The number of likely N-dealkylation sites (N-methyl/N-ethyl adjacent to an activating group) is 1. The van der Waals surface area contributed by atoms with E-state index in [0.717, 1.165) is 17.9 Å². The van der Waals surface area contributed by atoms with E-state index in [-0.39, 0.29) is 6.10 Å². The van der Waals surface area contributed by atoms with Crippen molar-refractivity contribution in [3.05, 3.63) is 30.2 Å². The van der Waals surface area contributed by atoms with Crippen LogP contribution in [0.5, 0.6) is 0 Å². The first-order valence-corrected chi connectivity index (χ1v) is 5.86. The van der Waals surface area contributed by atoms with Crippen LogP contribution in [-0.2, 0) is 6.54 Å². The van der Waals surface area contributed by atoms with E-state index in [4.69, 9.17) is 0 Å². The average Bonchev–Trinajstić information content (AvgIpc) is 2.72. The topological polar surface area (TPSA) is 53.7 Å². The Balaban J connectivity index is 2.08. The summed E-state index contributed by atoms with van der Waals surface area (Å²) in [6, 6.07) is 5.83. The fraction of sp³-hybridized carbons (Fsp3) is 0.500. The third-order valence-electron chi connectivity index (χ3n) is 2.79. The van der Waals surface area contributed by atoms with E-state index < -0.39 is 0 Å². The van der Waals surface area contributed by atoms with E-state index in [0.29, 0.717) is 13.1 Å². The summed E-state index contributed by atoms with van der Waals surface area (Å²) in [5.74, 6) is 0.895. The molecule has 0 saturated heterocycles. The van der Waals surface area contributed by atoms with Gasteiger partial charge in [-0.2, -0.15) is 0 Å². The first-order valence-electron chi connectivity index (χ1n) is 5.86. The SMILES string of the molecule is CC[C@@H](O)CN(C)Cc1nnc2ccccn12. The number of fused-ring (bicyclic) bond motifs is 1. The Labute approximate surface area is 101 Å². The zero-order valence-electron chi connectivity index (χ0n) is 10.2. The van der Waals surface area contributed by atoms with Gasteiger partial charge in [0.1, 0.15) is 0 Å². The number of hydrogen-bond donors (Lipinski definition) is 1. The molecule has 0 fully saturated rings. The van der Waals surface area contributed by atoms with Gasteiger partial charge in [-0.25, -0.2) is 0 Å². The molecule has 0 unspecified atom stereocenters. The molecule has 0 spiro atoms. The van der Waals surface area contributed by atoms with Crippen LogP contribution in [0.15, 0.2) is 24.4 Å². The second-order valence-corrected chi connectivity index (χ2v) is 4.30. The van der Waals surface area contributed by atoms with E-state index in [2.05, 4.69) is 15.1 Å². The molecule has 0 aliphatic heterocycles. The van der Waals surface area contributed by atoms with Gasteiger partial charge in [-0.1, -0.05) is 13.0 Å². The lowest BCUT2D eigenvalue weighted by atomic mass is 10.2. The average molecular weight is 234 g/mol. The van der Waals surface area contributed by atoms with Crippen LogP contribution in [0.3, 0.4) is 0 Å². The molecule has 1 atom stereocenters. The normalized spacial score (nSPS) is 13.4. The van der Waals surface area contributed by atoms with E-state index in [1.165, 1.54) is 0 Å². The van der Waals surface area contributed by atoms with Crippen LogP contribution in [0.2, 0.25) is 0 Å². The lowest BCUT2D eigenvalue weighted by molar-refractivity contribution is 0.118. The summed E-state index contributed by atoms with van der Waals surface area (Å²) in [5.41, 5.74) is 0.854. The standard InChI is InChI=1S/C12H18N4O/c1-3-10(17)8-15(2)9-12-14-13-11-6-4-5-7-16(11)12/h4-7,10,17H,3,8-9H2,1-2H3/t10-/m1/s1. The maximum absolute atomic E-state index is 9.59. The molecule has 0 bridgehead atoms. The largest absolute Gasteiger partial charge is 0.392 e. The fourth-order valence-electron chi connectivity index (χ4n) is 1.79. The zero-order chi connectivity index (χ0) is 12.3. The van der Waals surface area contributed by atoms with Crippen LogP contribution in [0, 0.1) is 0 Å². The van der Waals surface area contributed by atoms with Crippen molar-refractivity contribution in [2.75, 3.05) is 13.6 Å². The summed E-state index contributed by atoms with van der Waals surface area (Å²) in [4.78, 5) is 2.05. The van der Waals surface area contributed by atoms with Gasteiger partial charge in [0.05, 0.1) is 12.6 Å². The third-order valence-corrected chi connectivity index (χ3v) is 2.79. The van der Waals surface area contributed by atoms with Crippen molar-refractivity contribution < 1.29 is 5.11 Å². The molecule has 5 heteroatoms. The van der Waals surface area contributed by atoms with Crippen LogP contribution >= 0.6 is 0 Å². The van der Waals surface area contributed by atoms with E-state index in [1.54, 1.807) is 0 Å². The van der Waals surface area contributed by atoms with Crippen molar-refractivity contribution in [3.63, 3.8) is 0 Å². The minimum absolute atomic E-state index is 0.279. The van der Waals surface area contributed by atoms with Crippen molar-refractivity contribution in [3.8, 4) is 0 Å². The maximum atomic E-state index is 9.59. The molecule has 2 aromatic rings. The third kappa shape index (κ3) is 2.81. The second kappa shape index (κ2) is 5.25. The van der Waals surface area contributed by atoms with Crippen molar-refractivity contribution in [1.82, 2.24) is 19.5 Å². The Morgan fingerprint density at radius 1 is 1.41 bits per heavy atom. The van der Waals surface area contributed by atoms with Crippen LogP contribution < -0.4 is 0 Å². The van der Waals surface area contributed by atoms with Crippen molar-refractivity contribution in [2.24, 2.45) is 0 Å². The van der Waals surface area contributed by atoms with Crippen molar-refractivity contribution in [2.45, 2.75) is 26.0 Å². The molecule has 0 aliphatic rings. The molecule has 17 heavy (non-hydrogen) atoms. The van der Waals surface area contributed by atoms with Gasteiger partial charge < -0.3 is 5.11 Å². The minimum Gasteiger partial charge on any atom is -0.392 e. The first kappa shape index (κ1) is 12.0. The predicted molar refractivity (Wildman–Crippen MR) is 65.6 cm³/mol. The summed E-state index contributed by atoms with van der Waals surface area (Å²) in [7, 11) is 1.98. The summed E-state index contributed by atoms with van der Waals surface area (Å²) >= 11 is 0. The maximum Gasteiger partial charge on any atom is 0.160 e. The van der Waals surface area contributed by atoms with Crippen molar-refractivity contribution >= 4 is 5.65 Å². The van der Waals surface area contributed by atoms with E-state index in [9.17, 15) is 5.11 Å². The number of pyridine rings is 1. The fourth-order valence-corrected chi connectivity index (χ4v) is 1.79. The number of hydrogen-bond acceptors (Lipinski definition) is 4. The van der Waals surface area contributed by atoms with E-state index in [1.807, 2.05) is 42.8 Å². The molecule has 0 radical (unpaired) electrons. The van der Waals surface area contributed by atoms with Gasteiger partial charge in [0.2, 0.25) is 0 Å². The van der Waals surface area contributed by atoms with Gasteiger partial charge in [-0.15, -0.1) is 10.2 Å². The van der Waals surface area contributed by atoms with Gasteiger partial charge >= 0.3 is 0 Å².